The molecule has 0 atom stereocenters. The van der Waals surface area contributed by atoms with Crippen molar-refractivity contribution in [1.82, 2.24) is 4.90 Å². The van der Waals surface area contributed by atoms with E-state index in [1.54, 1.807) is 0 Å². The van der Waals surface area contributed by atoms with E-state index in [4.69, 9.17) is 4.99 Å². The number of rotatable bonds is 2. The minimum atomic E-state index is 0.136. The molecule has 1 rings (SSSR count). The highest BCUT2D eigenvalue weighted by Crippen LogP contribution is 2.38. The molecule has 0 radical (unpaired) electrons. The van der Waals surface area contributed by atoms with Gasteiger partial charge in [-0.05, 0) is 17.4 Å². The molecule has 0 saturated heterocycles. The first kappa shape index (κ1) is 14.3. The van der Waals surface area contributed by atoms with E-state index >= 15 is 0 Å². The van der Waals surface area contributed by atoms with Gasteiger partial charge in [-0.2, -0.15) is 0 Å². The van der Waals surface area contributed by atoms with Gasteiger partial charge >= 0.3 is 0 Å². The molecule has 0 N–H and O–H groups in total. The SMILES string of the molecule is CCCN1C=NC(C(C)(C)C)=C(C(C)(C)C)C1. The first-order valence-corrected chi connectivity index (χ1v) is 6.68. The van der Waals surface area contributed by atoms with Crippen LogP contribution in [0.5, 0.6) is 0 Å². The van der Waals surface area contributed by atoms with Gasteiger partial charge in [0.25, 0.3) is 0 Å². The topological polar surface area (TPSA) is 15.6 Å². The van der Waals surface area contributed by atoms with Gasteiger partial charge in [0, 0.05) is 24.2 Å². The number of nitrogens with zero attached hydrogens (tertiary/aromatic N) is 2. The summed E-state index contributed by atoms with van der Waals surface area (Å²) in [7, 11) is 0. The van der Waals surface area contributed by atoms with Gasteiger partial charge in [-0.15, -0.1) is 0 Å². The van der Waals surface area contributed by atoms with Crippen LogP contribution in [0.4, 0.5) is 0 Å². The van der Waals surface area contributed by atoms with E-state index in [1.807, 2.05) is 6.34 Å². The number of hydrogen-bond donors (Lipinski definition) is 0. The number of allylic oxidation sites excluding steroid dienone is 1. The fourth-order valence-electron chi connectivity index (χ4n) is 2.20. The largest absolute Gasteiger partial charge is 0.359 e. The molecule has 1 aliphatic rings. The summed E-state index contributed by atoms with van der Waals surface area (Å²) >= 11 is 0. The highest BCUT2D eigenvalue weighted by molar-refractivity contribution is 5.60. The van der Waals surface area contributed by atoms with Crippen LogP contribution in [0.25, 0.3) is 0 Å². The normalized spacial score (nSPS) is 17.9. The van der Waals surface area contributed by atoms with E-state index in [1.165, 1.54) is 17.7 Å². The van der Waals surface area contributed by atoms with Crippen LogP contribution >= 0.6 is 0 Å². The Labute approximate surface area is 107 Å². The highest BCUT2D eigenvalue weighted by Gasteiger charge is 2.30. The van der Waals surface area contributed by atoms with Crippen molar-refractivity contribution in [3.8, 4) is 0 Å². The Morgan fingerprint density at radius 1 is 1.12 bits per heavy atom. The van der Waals surface area contributed by atoms with Crippen LogP contribution in [0.2, 0.25) is 0 Å². The molecule has 0 spiro atoms. The minimum Gasteiger partial charge on any atom is -0.359 e. The molecule has 2 heteroatoms. The molecule has 2 nitrogen and oxygen atoms in total. The number of aliphatic imine (C=N–C) groups is 1. The zero-order valence-corrected chi connectivity index (χ0v) is 12.6. The summed E-state index contributed by atoms with van der Waals surface area (Å²) in [4.78, 5) is 7.06. The third kappa shape index (κ3) is 3.58. The molecule has 0 unspecified atom stereocenters. The first-order valence-electron chi connectivity index (χ1n) is 6.68. The summed E-state index contributed by atoms with van der Waals surface area (Å²) in [6, 6.07) is 0. The fraction of sp³-hybridized carbons (Fsp3) is 0.800. The Morgan fingerprint density at radius 2 is 1.71 bits per heavy atom. The zero-order valence-electron chi connectivity index (χ0n) is 12.6. The van der Waals surface area contributed by atoms with Gasteiger partial charge in [-0.3, -0.25) is 0 Å². The maximum absolute atomic E-state index is 4.73. The second-order valence-corrected chi connectivity index (χ2v) is 7.04. The predicted octanol–water partition coefficient (Wildman–Crippen LogP) is 4.09. The van der Waals surface area contributed by atoms with E-state index in [9.17, 15) is 0 Å². The Kier molecular flexibility index (Phi) is 4.06. The van der Waals surface area contributed by atoms with Gasteiger partial charge in [-0.25, -0.2) is 4.99 Å². The Balaban J connectivity index is 3.09. The van der Waals surface area contributed by atoms with Crippen molar-refractivity contribution in [2.24, 2.45) is 15.8 Å². The van der Waals surface area contributed by atoms with Crippen LogP contribution in [0, 0.1) is 10.8 Å². The molecule has 98 valence electrons. The maximum Gasteiger partial charge on any atom is 0.0911 e. The molecule has 0 amide bonds. The van der Waals surface area contributed by atoms with E-state index in [2.05, 4.69) is 53.4 Å². The van der Waals surface area contributed by atoms with Crippen molar-refractivity contribution in [1.29, 1.82) is 0 Å². The monoisotopic (exact) mass is 236 g/mol. The second kappa shape index (κ2) is 4.83. The smallest absolute Gasteiger partial charge is 0.0911 e. The molecular formula is C15H28N2. The van der Waals surface area contributed by atoms with E-state index < -0.39 is 0 Å². The molecule has 0 aromatic rings. The molecule has 0 saturated carbocycles. The lowest BCUT2D eigenvalue weighted by Gasteiger charge is -2.37. The van der Waals surface area contributed by atoms with Crippen LogP contribution in [0.1, 0.15) is 54.9 Å². The summed E-state index contributed by atoms with van der Waals surface area (Å²) < 4.78 is 0. The summed E-state index contributed by atoms with van der Waals surface area (Å²) in [6.45, 7) is 18.0. The van der Waals surface area contributed by atoms with Gasteiger partial charge in [0.15, 0.2) is 0 Å². The maximum atomic E-state index is 4.73. The van der Waals surface area contributed by atoms with Crippen molar-refractivity contribution < 1.29 is 0 Å². The molecule has 0 fully saturated rings. The van der Waals surface area contributed by atoms with E-state index in [0.717, 1.165) is 13.1 Å². The van der Waals surface area contributed by atoms with E-state index in [0.29, 0.717) is 0 Å². The van der Waals surface area contributed by atoms with Crippen molar-refractivity contribution in [3.63, 3.8) is 0 Å². The molecule has 0 aromatic carbocycles. The van der Waals surface area contributed by atoms with Crippen molar-refractivity contribution in [2.75, 3.05) is 13.1 Å². The lowest BCUT2D eigenvalue weighted by Crippen LogP contribution is -2.35. The van der Waals surface area contributed by atoms with Crippen LogP contribution in [-0.2, 0) is 0 Å². The second-order valence-electron chi connectivity index (χ2n) is 7.04. The van der Waals surface area contributed by atoms with Crippen molar-refractivity contribution in [2.45, 2.75) is 54.9 Å². The van der Waals surface area contributed by atoms with Gasteiger partial charge in [-0.1, -0.05) is 48.5 Å². The van der Waals surface area contributed by atoms with Crippen molar-refractivity contribution >= 4 is 6.34 Å². The average molecular weight is 236 g/mol. The minimum absolute atomic E-state index is 0.136. The third-order valence-corrected chi connectivity index (χ3v) is 3.12. The van der Waals surface area contributed by atoms with Gasteiger partial charge in [0.2, 0.25) is 0 Å². The molecule has 17 heavy (non-hydrogen) atoms. The summed E-state index contributed by atoms with van der Waals surface area (Å²) in [5, 5.41) is 0. The summed E-state index contributed by atoms with van der Waals surface area (Å²) in [6.07, 6.45) is 3.20. The molecule has 0 aromatic heterocycles. The van der Waals surface area contributed by atoms with Crippen LogP contribution in [-0.4, -0.2) is 24.3 Å². The molecule has 0 aliphatic carbocycles. The quantitative estimate of drug-likeness (QED) is 0.705. The van der Waals surface area contributed by atoms with Crippen LogP contribution in [0.3, 0.4) is 0 Å². The summed E-state index contributed by atoms with van der Waals surface area (Å²) in [5.74, 6) is 0. The Morgan fingerprint density at radius 3 is 2.12 bits per heavy atom. The Bertz CT molecular complexity index is 324. The molecular weight excluding hydrogens is 208 g/mol. The first-order chi connectivity index (χ1) is 7.66. The predicted molar refractivity (Wildman–Crippen MR) is 76.3 cm³/mol. The van der Waals surface area contributed by atoms with E-state index in [-0.39, 0.29) is 10.8 Å². The summed E-state index contributed by atoms with van der Waals surface area (Å²) in [5.41, 5.74) is 3.10. The lowest BCUT2D eigenvalue weighted by molar-refractivity contribution is 0.363. The molecule has 0 bridgehead atoms. The lowest BCUT2D eigenvalue weighted by atomic mass is 9.78. The molecule has 1 heterocycles. The fourth-order valence-corrected chi connectivity index (χ4v) is 2.20. The standard InChI is InChI=1S/C15H28N2/c1-8-9-17-10-12(14(2,3)4)13(16-11-17)15(5,6)7/h11H,8-10H2,1-7H3. The third-order valence-electron chi connectivity index (χ3n) is 3.12. The van der Waals surface area contributed by atoms with Crippen molar-refractivity contribution in [3.05, 3.63) is 11.3 Å². The highest BCUT2D eigenvalue weighted by atomic mass is 15.2. The Hall–Kier alpha value is -0.790. The van der Waals surface area contributed by atoms with Gasteiger partial charge < -0.3 is 4.90 Å². The van der Waals surface area contributed by atoms with Gasteiger partial charge in [0.1, 0.15) is 0 Å². The van der Waals surface area contributed by atoms with Gasteiger partial charge in [0.05, 0.1) is 6.34 Å². The zero-order chi connectivity index (χ0) is 13.3. The average Bonchev–Trinajstić information content (AvgIpc) is 2.15. The molecule has 1 aliphatic heterocycles. The number of hydrogen-bond acceptors (Lipinski definition) is 2. The van der Waals surface area contributed by atoms with Crippen LogP contribution < -0.4 is 0 Å². The van der Waals surface area contributed by atoms with Crippen LogP contribution in [0.15, 0.2) is 16.3 Å².